The van der Waals surface area contributed by atoms with E-state index >= 15 is 0 Å². The second-order valence-electron chi connectivity index (χ2n) is 6.72. The van der Waals surface area contributed by atoms with Crippen LogP contribution in [0.15, 0.2) is 0 Å². The molecule has 0 saturated heterocycles. The molecule has 26 heavy (non-hydrogen) atoms. The van der Waals surface area contributed by atoms with Crippen LogP contribution in [0.2, 0.25) is 0 Å². The van der Waals surface area contributed by atoms with Crippen molar-refractivity contribution in [2.24, 2.45) is 0 Å². The lowest BCUT2D eigenvalue weighted by Gasteiger charge is -2.26. The first-order chi connectivity index (χ1) is 11.3. The minimum atomic E-state index is -6.32. The molecule has 0 aliphatic rings. The van der Waals surface area contributed by atoms with Crippen molar-refractivity contribution in [2.75, 3.05) is 0 Å². The smallest absolute Gasteiger partial charge is 0.444 e. The maximum absolute atomic E-state index is 12.5. The van der Waals surface area contributed by atoms with Gasteiger partial charge in [0.1, 0.15) is 11.2 Å². The van der Waals surface area contributed by atoms with Crippen molar-refractivity contribution in [2.45, 2.75) is 58.3 Å². The molecule has 0 atom stereocenters. The molecule has 0 spiro atoms. The van der Waals surface area contributed by atoms with Crippen molar-refractivity contribution in [3.63, 3.8) is 0 Å². The van der Waals surface area contributed by atoms with Gasteiger partial charge in [-0.15, -0.1) is 9.35 Å². The van der Waals surface area contributed by atoms with Gasteiger partial charge in [0.25, 0.3) is 0 Å². The molecule has 0 rings (SSSR count). The fraction of sp³-hybridized carbons (Fsp3) is 0.750. The number of amides is 2. The Morgan fingerprint density at radius 2 is 1.38 bits per heavy atom. The number of guanidine groups is 1. The molecule has 2 amide bonds. The Morgan fingerprint density at radius 1 is 0.962 bits per heavy atom. The van der Waals surface area contributed by atoms with Gasteiger partial charge in [0, 0.05) is 0 Å². The number of alkyl halides is 3. The third-order valence-corrected chi connectivity index (χ3v) is 2.75. The minimum Gasteiger partial charge on any atom is -0.444 e. The molecule has 0 unspecified atom stereocenters. The highest BCUT2D eigenvalue weighted by Crippen LogP contribution is 2.26. The van der Waals surface area contributed by atoms with Crippen molar-refractivity contribution in [1.82, 2.24) is 10.4 Å². The zero-order chi connectivity index (χ0) is 21.1. The number of carbonyl (C=O) groups excluding carboxylic acids is 2. The third kappa shape index (κ3) is 8.33. The van der Waals surface area contributed by atoms with E-state index in [4.69, 9.17) is 10.1 Å². The van der Waals surface area contributed by atoms with Gasteiger partial charge in [-0.2, -0.15) is 21.6 Å². The zero-order valence-corrected chi connectivity index (χ0v) is 15.7. The summed E-state index contributed by atoms with van der Waals surface area (Å²) >= 11 is 0. The van der Waals surface area contributed by atoms with Crippen LogP contribution in [0.3, 0.4) is 0 Å². The highest BCUT2D eigenvalue weighted by atomic mass is 32.2. The molecule has 10 nitrogen and oxygen atoms in total. The van der Waals surface area contributed by atoms with Crippen LogP contribution in [0.1, 0.15) is 41.5 Å². The number of hydrogen-bond acceptors (Lipinski definition) is 8. The Morgan fingerprint density at radius 3 is 1.73 bits per heavy atom. The van der Waals surface area contributed by atoms with Crippen molar-refractivity contribution >= 4 is 28.3 Å². The fourth-order valence-corrected chi connectivity index (χ4v) is 1.47. The van der Waals surface area contributed by atoms with Crippen LogP contribution >= 0.6 is 0 Å². The average Bonchev–Trinajstić information content (AvgIpc) is 2.29. The molecule has 2 N–H and O–H groups in total. The predicted molar refractivity (Wildman–Crippen MR) is 81.2 cm³/mol. The molecular weight excluding hydrogens is 387 g/mol. The molecule has 0 saturated carbocycles. The molecule has 152 valence electrons. The normalized spacial score (nSPS) is 13.0. The minimum absolute atomic E-state index is 0.669. The van der Waals surface area contributed by atoms with E-state index < -0.39 is 50.0 Å². The Hall–Kier alpha value is -2.09. The maximum Gasteiger partial charge on any atom is 0.525 e. The van der Waals surface area contributed by atoms with Crippen molar-refractivity contribution in [3.8, 4) is 0 Å². The van der Waals surface area contributed by atoms with Gasteiger partial charge in [0.05, 0.1) is 0 Å². The van der Waals surface area contributed by atoms with E-state index in [9.17, 15) is 31.2 Å². The molecular formula is C12H20F3N3O7S. The van der Waals surface area contributed by atoms with Gasteiger partial charge < -0.3 is 9.47 Å². The van der Waals surface area contributed by atoms with Gasteiger partial charge in [0.15, 0.2) is 0 Å². The summed E-state index contributed by atoms with van der Waals surface area (Å²) in [6.07, 6.45) is -3.13. The average molecular weight is 407 g/mol. The number of ether oxygens (including phenoxy) is 2. The van der Waals surface area contributed by atoms with E-state index in [1.807, 2.05) is 0 Å². The third-order valence-electron chi connectivity index (χ3n) is 1.84. The first kappa shape index (κ1) is 23.9. The highest BCUT2D eigenvalue weighted by Gasteiger charge is 2.51. The van der Waals surface area contributed by atoms with E-state index in [-0.39, 0.29) is 0 Å². The lowest BCUT2D eigenvalue weighted by Crippen LogP contribution is -2.51. The lowest BCUT2D eigenvalue weighted by atomic mass is 10.2. The SMILES string of the molecule is CC(C)(C)OC(=O)NC(=N)N(OS(=O)(=O)C(F)(F)F)C(=O)OC(C)(C)C. The van der Waals surface area contributed by atoms with E-state index in [2.05, 4.69) is 9.02 Å². The first-order valence-electron chi connectivity index (χ1n) is 6.88. The first-order valence-corrected chi connectivity index (χ1v) is 8.28. The van der Waals surface area contributed by atoms with Crippen molar-refractivity contribution in [1.29, 1.82) is 5.41 Å². The highest BCUT2D eigenvalue weighted by molar-refractivity contribution is 7.87. The number of alkyl carbamates (subject to hydrolysis) is 1. The van der Waals surface area contributed by atoms with Gasteiger partial charge in [-0.25, -0.2) is 9.59 Å². The molecule has 0 aromatic carbocycles. The van der Waals surface area contributed by atoms with Gasteiger partial charge in [-0.3, -0.25) is 10.7 Å². The van der Waals surface area contributed by atoms with Crippen LogP contribution in [0.25, 0.3) is 0 Å². The number of hydrogen-bond donors (Lipinski definition) is 2. The number of carbonyl (C=O) groups is 2. The van der Waals surface area contributed by atoms with Gasteiger partial charge in [0.2, 0.25) is 5.96 Å². The van der Waals surface area contributed by atoms with E-state index in [1.165, 1.54) is 41.5 Å². The standard InChI is InChI=1S/C12H20F3N3O7S/c1-10(2,3)23-8(19)17-7(16)18(9(20)24-11(4,5)6)25-26(21,22)12(13,14)15/h1-6H3,(H2,16,17,19). The van der Waals surface area contributed by atoms with Crippen molar-refractivity contribution < 1.29 is 44.9 Å². The summed E-state index contributed by atoms with van der Waals surface area (Å²) in [6.45, 7) is 8.33. The monoisotopic (exact) mass is 407 g/mol. The summed E-state index contributed by atoms with van der Waals surface area (Å²) in [5.74, 6) is -1.47. The molecule has 0 aromatic rings. The van der Waals surface area contributed by atoms with Crippen LogP contribution in [0.4, 0.5) is 22.8 Å². The molecule has 0 bridgehead atoms. The summed E-state index contributed by atoms with van der Waals surface area (Å²) in [5.41, 5.74) is -8.20. The molecule has 0 heterocycles. The number of nitrogens with zero attached hydrogens (tertiary/aromatic N) is 1. The largest absolute Gasteiger partial charge is 0.525 e. The summed E-state index contributed by atoms with van der Waals surface area (Å²) < 4.78 is 72.6. The molecule has 0 aliphatic heterocycles. The Labute approximate surface area is 148 Å². The summed E-state index contributed by atoms with van der Waals surface area (Å²) in [6, 6.07) is 0. The summed E-state index contributed by atoms with van der Waals surface area (Å²) in [5, 5.41) is 8.36. The molecule has 0 fully saturated rings. The lowest BCUT2D eigenvalue weighted by molar-refractivity contribution is -0.0789. The number of halogens is 3. The van der Waals surface area contributed by atoms with Crippen LogP contribution in [-0.4, -0.2) is 48.3 Å². The Balaban J connectivity index is 5.55. The number of rotatable bonds is 2. The Bertz CT molecular complexity index is 663. The second-order valence-corrected chi connectivity index (χ2v) is 8.24. The molecule has 0 aliphatic carbocycles. The van der Waals surface area contributed by atoms with Crippen LogP contribution in [0, 0.1) is 5.41 Å². The zero-order valence-electron chi connectivity index (χ0n) is 14.8. The van der Waals surface area contributed by atoms with Gasteiger partial charge >= 0.3 is 27.8 Å². The fourth-order valence-electron chi connectivity index (χ4n) is 1.05. The van der Waals surface area contributed by atoms with Crippen molar-refractivity contribution in [3.05, 3.63) is 0 Å². The second kappa shape index (κ2) is 7.65. The maximum atomic E-state index is 12.5. The van der Waals surface area contributed by atoms with E-state index in [0.717, 1.165) is 0 Å². The quantitative estimate of drug-likeness (QED) is 0.311. The van der Waals surface area contributed by atoms with Gasteiger partial charge in [-0.1, -0.05) is 0 Å². The van der Waals surface area contributed by atoms with E-state index in [1.54, 1.807) is 5.32 Å². The van der Waals surface area contributed by atoms with Crippen LogP contribution in [-0.2, 0) is 23.9 Å². The predicted octanol–water partition coefficient (Wildman–Crippen LogP) is 2.46. The summed E-state index contributed by atoms with van der Waals surface area (Å²) in [7, 11) is -6.32. The number of hydroxylamine groups is 2. The van der Waals surface area contributed by atoms with E-state index in [0.29, 0.717) is 0 Å². The van der Waals surface area contributed by atoms with Gasteiger partial charge in [-0.05, 0) is 41.5 Å². The molecule has 14 heteroatoms. The summed E-state index contributed by atoms with van der Waals surface area (Å²) in [4.78, 5) is 23.4. The van der Waals surface area contributed by atoms with Crippen LogP contribution < -0.4 is 5.32 Å². The number of nitrogens with one attached hydrogen (secondary N) is 2. The topological polar surface area (TPSA) is 135 Å². The Kier molecular flexibility index (Phi) is 7.04. The van der Waals surface area contributed by atoms with Crippen LogP contribution in [0.5, 0.6) is 0 Å². The molecule has 0 aromatic heterocycles. The molecule has 0 radical (unpaired) electrons.